The van der Waals surface area contributed by atoms with Crippen molar-refractivity contribution in [2.45, 2.75) is 20.9 Å². The van der Waals surface area contributed by atoms with Gasteiger partial charge < -0.3 is 4.90 Å². The van der Waals surface area contributed by atoms with Gasteiger partial charge in [0.2, 0.25) is 3.12 Å². The maximum Gasteiger partial charge on any atom is 0.270 e. The molecule has 4 nitrogen and oxygen atoms in total. The number of thioether (sulfide) groups is 1. The van der Waals surface area contributed by atoms with Gasteiger partial charge in [-0.3, -0.25) is 10.1 Å². The Kier molecular flexibility index (Phi) is 4.71. The zero-order chi connectivity index (χ0) is 14.0. The molecule has 0 spiro atoms. The van der Waals surface area contributed by atoms with Crippen molar-refractivity contribution in [2.24, 2.45) is 0 Å². The van der Waals surface area contributed by atoms with E-state index in [0.29, 0.717) is 4.90 Å². The highest BCUT2D eigenvalue weighted by molar-refractivity contribution is 8.04. The van der Waals surface area contributed by atoms with Gasteiger partial charge in [-0.15, -0.1) is 0 Å². The summed E-state index contributed by atoms with van der Waals surface area (Å²) in [7, 11) is 0. The standard InChI is InChI=1S/C11H11Cl3N2O2S/c12-11(13,14)19-10-7-8(16(17)18)3-4-9(10)15-5-1-2-6-15/h3-4,7H,1-2,5-6H2. The Bertz CT molecular complexity index is 487. The summed E-state index contributed by atoms with van der Waals surface area (Å²) in [5.74, 6) is 0. The van der Waals surface area contributed by atoms with E-state index in [0.717, 1.165) is 43.4 Å². The number of hydrogen-bond donors (Lipinski definition) is 0. The molecule has 1 aliphatic heterocycles. The minimum absolute atomic E-state index is 0.000281. The second kappa shape index (κ2) is 5.95. The van der Waals surface area contributed by atoms with Gasteiger partial charge in [0, 0.05) is 30.1 Å². The summed E-state index contributed by atoms with van der Waals surface area (Å²) in [5, 5.41) is 10.8. The van der Waals surface area contributed by atoms with E-state index < -0.39 is 8.05 Å². The molecule has 19 heavy (non-hydrogen) atoms. The molecule has 1 aromatic carbocycles. The van der Waals surface area contributed by atoms with Crippen LogP contribution in [-0.2, 0) is 0 Å². The van der Waals surface area contributed by atoms with Gasteiger partial charge in [-0.1, -0.05) is 46.6 Å². The normalized spacial score (nSPS) is 15.8. The lowest BCUT2D eigenvalue weighted by atomic mass is 10.2. The van der Waals surface area contributed by atoms with Crippen molar-refractivity contribution < 1.29 is 4.92 Å². The highest BCUT2D eigenvalue weighted by Crippen LogP contribution is 2.48. The Morgan fingerprint density at radius 1 is 1.26 bits per heavy atom. The maximum atomic E-state index is 10.8. The summed E-state index contributed by atoms with van der Waals surface area (Å²) in [6.45, 7) is 1.84. The number of rotatable bonds is 3. The molecule has 1 aromatic rings. The van der Waals surface area contributed by atoms with Crippen molar-refractivity contribution >= 4 is 57.9 Å². The molecule has 0 atom stereocenters. The van der Waals surface area contributed by atoms with Gasteiger partial charge in [-0.05, 0) is 18.9 Å². The van der Waals surface area contributed by atoms with E-state index in [9.17, 15) is 10.1 Å². The van der Waals surface area contributed by atoms with E-state index in [1.54, 1.807) is 6.07 Å². The number of hydrogen-bond acceptors (Lipinski definition) is 4. The van der Waals surface area contributed by atoms with Crippen molar-refractivity contribution in [3.05, 3.63) is 28.3 Å². The third-order valence-corrected chi connectivity index (χ3v) is 4.30. The van der Waals surface area contributed by atoms with Crippen molar-refractivity contribution in [3.8, 4) is 0 Å². The van der Waals surface area contributed by atoms with Crippen molar-refractivity contribution in [3.63, 3.8) is 0 Å². The van der Waals surface area contributed by atoms with E-state index in [-0.39, 0.29) is 5.69 Å². The molecule has 0 radical (unpaired) electrons. The van der Waals surface area contributed by atoms with Crippen LogP contribution in [0, 0.1) is 10.1 Å². The zero-order valence-electron chi connectivity index (χ0n) is 9.81. The van der Waals surface area contributed by atoms with E-state index in [4.69, 9.17) is 34.8 Å². The van der Waals surface area contributed by atoms with Gasteiger partial charge in [-0.2, -0.15) is 0 Å². The third-order valence-electron chi connectivity index (χ3n) is 2.83. The highest BCUT2D eigenvalue weighted by atomic mass is 35.6. The van der Waals surface area contributed by atoms with Crippen LogP contribution in [0.25, 0.3) is 0 Å². The first kappa shape index (κ1) is 15.0. The average molecular weight is 342 g/mol. The molecule has 1 fully saturated rings. The first-order valence-electron chi connectivity index (χ1n) is 5.66. The Hall–Kier alpha value is -0.360. The lowest BCUT2D eigenvalue weighted by Gasteiger charge is -2.22. The van der Waals surface area contributed by atoms with Crippen LogP contribution in [0.5, 0.6) is 0 Å². The summed E-state index contributed by atoms with van der Waals surface area (Å²) in [4.78, 5) is 13.2. The molecule has 8 heteroatoms. The molecule has 2 rings (SSSR count). The van der Waals surface area contributed by atoms with Crippen molar-refractivity contribution in [2.75, 3.05) is 18.0 Å². The van der Waals surface area contributed by atoms with Gasteiger partial charge in [0.15, 0.2) is 0 Å². The lowest BCUT2D eigenvalue weighted by molar-refractivity contribution is -0.385. The fourth-order valence-electron chi connectivity index (χ4n) is 2.04. The average Bonchev–Trinajstić information content (AvgIpc) is 2.79. The summed E-state index contributed by atoms with van der Waals surface area (Å²) in [6.07, 6.45) is 2.21. The Morgan fingerprint density at radius 2 is 1.89 bits per heavy atom. The predicted octanol–water partition coefficient (Wildman–Crippen LogP) is 4.61. The first-order chi connectivity index (χ1) is 8.87. The van der Waals surface area contributed by atoms with Gasteiger partial charge in [0.05, 0.1) is 10.6 Å². The number of nitro benzene ring substituents is 1. The predicted molar refractivity (Wildman–Crippen MR) is 80.7 cm³/mol. The van der Waals surface area contributed by atoms with E-state index in [1.807, 2.05) is 0 Å². The minimum Gasteiger partial charge on any atom is -0.371 e. The van der Waals surface area contributed by atoms with Crippen LogP contribution in [0.4, 0.5) is 11.4 Å². The molecule has 1 saturated heterocycles. The molecule has 0 bridgehead atoms. The second-order valence-electron chi connectivity index (χ2n) is 4.15. The summed E-state index contributed by atoms with van der Waals surface area (Å²) >= 11 is 18.3. The fraction of sp³-hybridized carbons (Fsp3) is 0.455. The molecule has 1 aliphatic rings. The maximum absolute atomic E-state index is 10.8. The number of anilines is 1. The van der Waals surface area contributed by atoms with Crippen LogP contribution in [0.15, 0.2) is 23.1 Å². The number of non-ortho nitro benzene ring substituents is 1. The molecule has 0 saturated carbocycles. The largest absolute Gasteiger partial charge is 0.371 e. The summed E-state index contributed by atoms with van der Waals surface area (Å²) in [5.41, 5.74) is 0.888. The van der Waals surface area contributed by atoms with Crippen LogP contribution in [-0.4, -0.2) is 21.1 Å². The van der Waals surface area contributed by atoms with Gasteiger partial charge in [0.25, 0.3) is 5.69 Å². The summed E-state index contributed by atoms with van der Waals surface area (Å²) in [6, 6.07) is 4.67. The fourth-order valence-corrected chi connectivity index (χ4v) is 3.52. The molecular formula is C11H11Cl3N2O2S. The summed E-state index contributed by atoms with van der Waals surface area (Å²) < 4.78 is -1.54. The smallest absolute Gasteiger partial charge is 0.270 e. The van der Waals surface area contributed by atoms with Gasteiger partial charge in [0.1, 0.15) is 0 Å². The Labute approximate surface area is 130 Å². The van der Waals surface area contributed by atoms with Crippen molar-refractivity contribution in [1.82, 2.24) is 0 Å². The molecular weight excluding hydrogens is 331 g/mol. The minimum atomic E-state index is -1.54. The van der Waals surface area contributed by atoms with Gasteiger partial charge in [-0.25, -0.2) is 0 Å². The molecule has 0 aromatic heterocycles. The van der Waals surface area contributed by atoms with E-state index >= 15 is 0 Å². The Balaban J connectivity index is 2.37. The molecule has 0 aliphatic carbocycles. The van der Waals surface area contributed by atoms with Crippen LogP contribution in [0.1, 0.15) is 12.8 Å². The SMILES string of the molecule is O=[N+]([O-])c1ccc(N2CCCC2)c(SC(Cl)(Cl)Cl)c1. The quantitative estimate of drug-likeness (QED) is 0.348. The van der Waals surface area contributed by atoms with E-state index in [2.05, 4.69) is 4.90 Å². The van der Waals surface area contributed by atoms with Crippen LogP contribution in [0.2, 0.25) is 0 Å². The zero-order valence-corrected chi connectivity index (χ0v) is 12.9. The van der Waals surface area contributed by atoms with E-state index in [1.165, 1.54) is 12.1 Å². The van der Waals surface area contributed by atoms with Gasteiger partial charge >= 0.3 is 0 Å². The Morgan fingerprint density at radius 3 is 2.42 bits per heavy atom. The lowest BCUT2D eigenvalue weighted by Crippen LogP contribution is -2.18. The van der Waals surface area contributed by atoms with Crippen LogP contribution in [0.3, 0.4) is 0 Å². The molecule has 104 valence electrons. The second-order valence-corrected chi connectivity index (χ2v) is 8.36. The molecule has 1 heterocycles. The van der Waals surface area contributed by atoms with Crippen LogP contribution >= 0.6 is 46.6 Å². The highest BCUT2D eigenvalue weighted by Gasteiger charge is 2.27. The number of nitrogens with zero attached hydrogens (tertiary/aromatic N) is 2. The number of halogens is 3. The molecule has 0 unspecified atom stereocenters. The monoisotopic (exact) mass is 340 g/mol. The van der Waals surface area contributed by atoms with Crippen molar-refractivity contribution in [1.29, 1.82) is 0 Å². The first-order valence-corrected chi connectivity index (χ1v) is 7.61. The third kappa shape index (κ3) is 4.05. The molecule has 0 N–H and O–H groups in total. The number of alkyl halides is 3. The molecule has 0 amide bonds. The van der Waals surface area contributed by atoms with Crippen LogP contribution < -0.4 is 4.90 Å². The topological polar surface area (TPSA) is 46.4 Å². The number of benzene rings is 1. The number of nitro groups is 1.